The van der Waals surface area contributed by atoms with Gasteiger partial charge in [0.15, 0.2) is 0 Å². The summed E-state index contributed by atoms with van der Waals surface area (Å²) in [6, 6.07) is 6.33. The summed E-state index contributed by atoms with van der Waals surface area (Å²) in [5.74, 6) is -0.0472. The zero-order valence-corrected chi connectivity index (χ0v) is 25.8. The molecule has 1 saturated heterocycles. The fraction of sp³-hybridized carbons (Fsp3) is 0.455. The summed E-state index contributed by atoms with van der Waals surface area (Å²) in [5, 5.41) is 5.46. The highest BCUT2D eigenvalue weighted by Gasteiger charge is 2.36. The number of rotatable bonds is 4. The van der Waals surface area contributed by atoms with Crippen LogP contribution in [0, 0.1) is 6.92 Å². The van der Waals surface area contributed by atoms with Crippen LogP contribution in [0.4, 0.5) is 4.79 Å². The second-order valence-corrected chi connectivity index (χ2v) is 12.8. The van der Waals surface area contributed by atoms with E-state index < -0.39 is 5.60 Å². The zero-order valence-electron chi connectivity index (χ0n) is 25.8. The molecular formula is C33H40N6O4. The van der Waals surface area contributed by atoms with Crippen molar-refractivity contribution in [3.05, 3.63) is 70.8 Å². The number of H-pyrrole nitrogens is 1. The molecule has 0 radical (unpaired) electrons. The maximum atomic E-state index is 13.6. The molecule has 0 unspecified atom stereocenters. The second-order valence-electron chi connectivity index (χ2n) is 12.8. The van der Waals surface area contributed by atoms with E-state index in [1.54, 1.807) is 15.8 Å². The predicted octanol–water partition coefficient (Wildman–Crippen LogP) is 5.82. The van der Waals surface area contributed by atoms with E-state index in [2.05, 4.69) is 40.2 Å². The molecule has 1 fully saturated rings. The first kappa shape index (κ1) is 28.9. The standard InChI is InChI=1S/C33H40N6O4/c1-20(2)39-17-25(16-36-39)31(40)37-8-7-22-11-23(24-13-26-21(3)14-34-30(26)35-15-24)12-27(28(22)18-37)29-19-42-10-9-38(29)32(41)43-33(4,5)6/h11-17,20,29H,7-10,18-19H2,1-6H3,(H,34,35)/t29-/m0/s1. The van der Waals surface area contributed by atoms with Crippen LogP contribution in [0.25, 0.3) is 22.2 Å². The molecule has 1 atom stereocenters. The largest absolute Gasteiger partial charge is 0.444 e. The topological polar surface area (TPSA) is 106 Å². The lowest BCUT2D eigenvalue weighted by atomic mass is 9.86. The molecule has 0 spiro atoms. The molecule has 5 heterocycles. The van der Waals surface area contributed by atoms with Gasteiger partial charge in [-0.1, -0.05) is 6.07 Å². The lowest BCUT2D eigenvalue weighted by molar-refractivity contribution is -0.0334. The normalized spacial score (nSPS) is 17.4. The lowest BCUT2D eigenvalue weighted by Gasteiger charge is -2.39. The van der Waals surface area contributed by atoms with E-state index in [0.717, 1.165) is 44.4 Å². The molecule has 226 valence electrons. The van der Waals surface area contributed by atoms with Crippen LogP contribution in [0.3, 0.4) is 0 Å². The van der Waals surface area contributed by atoms with Gasteiger partial charge >= 0.3 is 6.09 Å². The van der Waals surface area contributed by atoms with Gasteiger partial charge in [-0.05, 0) is 87.9 Å². The quantitative estimate of drug-likeness (QED) is 0.324. The number of ether oxygens (including phenoxy) is 2. The number of benzene rings is 1. The number of nitrogens with zero attached hydrogens (tertiary/aromatic N) is 5. The van der Waals surface area contributed by atoms with Gasteiger partial charge in [0.05, 0.1) is 31.0 Å². The molecule has 6 rings (SSSR count). The van der Waals surface area contributed by atoms with Crippen LogP contribution in [0.5, 0.6) is 0 Å². The van der Waals surface area contributed by atoms with Crippen molar-refractivity contribution >= 4 is 23.0 Å². The van der Waals surface area contributed by atoms with E-state index in [9.17, 15) is 9.59 Å². The van der Waals surface area contributed by atoms with Gasteiger partial charge in [-0.2, -0.15) is 5.10 Å². The first-order valence-electron chi connectivity index (χ1n) is 15.0. The molecule has 10 nitrogen and oxygen atoms in total. The van der Waals surface area contributed by atoms with E-state index in [4.69, 9.17) is 9.47 Å². The van der Waals surface area contributed by atoms with Gasteiger partial charge in [-0.3, -0.25) is 14.4 Å². The number of carbonyl (C=O) groups excluding carboxylic acids is 2. The van der Waals surface area contributed by atoms with Gasteiger partial charge in [0.25, 0.3) is 5.91 Å². The Balaban J connectivity index is 1.42. The molecule has 2 amide bonds. The summed E-state index contributed by atoms with van der Waals surface area (Å²) in [4.78, 5) is 38.6. The smallest absolute Gasteiger partial charge is 0.410 e. The molecule has 4 aromatic rings. The number of aryl methyl sites for hydroxylation is 1. The Kier molecular flexibility index (Phi) is 7.50. The Morgan fingerprint density at radius 2 is 1.93 bits per heavy atom. The third-order valence-corrected chi connectivity index (χ3v) is 8.23. The maximum Gasteiger partial charge on any atom is 0.410 e. The highest BCUT2D eigenvalue weighted by atomic mass is 16.6. The summed E-state index contributed by atoms with van der Waals surface area (Å²) in [6.07, 6.45) is 7.65. The van der Waals surface area contributed by atoms with Crippen molar-refractivity contribution in [2.45, 2.75) is 72.2 Å². The Hall–Kier alpha value is -4.18. The van der Waals surface area contributed by atoms with Crippen molar-refractivity contribution in [1.29, 1.82) is 0 Å². The molecule has 43 heavy (non-hydrogen) atoms. The first-order valence-corrected chi connectivity index (χ1v) is 15.0. The van der Waals surface area contributed by atoms with E-state index in [0.29, 0.717) is 44.8 Å². The molecule has 3 aromatic heterocycles. The number of aromatic nitrogens is 4. The summed E-state index contributed by atoms with van der Waals surface area (Å²) >= 11 is 0. The minimum atomic E-state index is -0.625. The van der Waals surface area contributed by atoms with E-state index in [1.165, 1.54) is 0 Å². The van der Waals surface area contributed by atoms with Crippen LogP contribution >= 0.6 is 0 Å². The van der Waals surface area contributed by atoms with Crippen LogP contribution in [0.2, 0.25) is 0 Å². The molecule has 10 heteroatoms. The van der Waals surface area contributed by atoms with Gasteiger partial charge in [-0.25, -0.2) is 9.78 Å². The minimum Gasteiger partial charge on any atom is -0.444 e. The third kappa shape index (κ3) is 5.76. The van der Waals surface area contributed by atoms with Gasteiger partial charge < -0.3 is 19.4 Å². The Morgan fingerprint density at radius 3 is 2.67 bits per heavy atom. The number of amides is 2. The molecule has 2 aliphatic heterocycles. The fourth-order valence-electron chi connectivity index (χ4n) is 5.94. The van der Waals surface area contributed by atoms with Crippen molar-refractivity contribution in [2.24, 2.45) is 0 Å². The maximum absolute atomic E-state index is 13.6. The molecule has 0 saturated carbocycles. The number of fused-ring (bicyclic) bond motifs is 2. The minimum absolute atomic E-state index is 0.0472. The van der Waals surface area contributed by atoms with Crippen LogP contribution in [0.1, 0.15) is 79.3 Å². The number of nitrogens with one attached hydrogen (secondary N) is 1. The number of carbonyl (C=O) groups is 2. The molecular weight excluding hydrogens is 544 g/mol. The first-order chi connectivity index (χ1) is 20.5. The van der Waals surface area contributed by atoms with Gasteiger partial charge in [0, 0.05) is 55.2 Å². The van der Waals surface area contributed by atoms with Crippen LogP contribution in [-0.4, -0.2) is 73.5 Å². The monoisotopic (exact) mass is 584 g/mol. The number of hydrogen-bond donors (Lipinski definition) is 1. The summed E-state index contributed by atoms with van der Waals surface area (Å²) in [6.45, 7) is 14.0. The number of pyridine rings is 1. The fourth-order valence-corrected chi connectivity index (χ4v) is 5.94. The van der Waals surface area contributed by atoms with Crippen molar-refractivity contribution in [2.75, 3.05) is 26.3 Å². The van der Waals surface area contributed by atoms with Crippen LogP contribution in [-0.2, 0) is 22.4 Å². The van der Waals surface area contributed by atoms with E-state index in [1.807, 2.05) is 58.1 Å². The zero-order chi connectivity index (χ0) is 30.5. The number of morpholine rings is 1. The SMILES string of the molecule is Cc1c[nH]c2ncc(-c3cc4c(c([C@@H]5COCCN5C(=O)OC(C)(C)C)c3)CN(C(=O)c3cnn(C(C)C)c3)CC4)cc12. The van der Waals surface area contributed by atoms with Crippen LogP contribution in [0.15, 0.2) is 43.0 Å². The summed E-state index contributed by atoms with van der Waals surface area (Å²) in [5.41, 5.74) is 7.15. The van der Waals surface area contributed by atoms with Gasteiger partial charge in [0.2, 0.25) is 0 Å². The van der Waals surface area contributed by atoms with Crippen LogP contribution < -0.4 is 0 Å². The summed E-state index contributed by atoms with van der Waals surface area (Å²) < 4.78 is 13.6. The van der Waals surface area contributed by atoms with Crippen molar-refractivity contribution in [3.63, 3.8) is 0 Å². The molecule has 0 bridgehead atoms. The highest BCUT2D eigenvalue weighted by molar-refractivity contribution is 5.94. The van der Waals surface area contributed by atoms with Crippen molar-refractivity contribution in [1.82, 2.24) is 29.5 Å². The van der Waals surface area contributed by atoms with Gasteiger partial charge in [-0.15, -0.1) is 0 Å². The molecule has 1 aromatic carbocycles. The summed E-state index contributed by atoms with van der Waals surface area (Å²) in [7, 11) is 0. The third-order valence-electron chi connectivity index (χ3n) is 8.23. The van der Waals surface area contributed by atoms with Gasteiger partial charge in [0.1, 0.15) is 11.2 Å². The van der Waals surface area contributed by atoms with Crippen molar-refractivity contribution < 1.29 is 19.1 Å². The molecule has 2 aliphatic rings. The van der Waals surface area contributed by atoms with E-state index >= 15 is 0 Å². The number of hydrogen-bond acceptors (Lipinski definition) is 6. The molecule has 1 N–H and O–H groups in total. The lowest BCUT2D eigenvalue weighted by Crippen LogP contribution is -2.46. The Labute approximate surface area is 252 Å². The van der Waals surface area contributed by atoms with E-state index in [-0.39, 0.29) is 24.1 Å². The Morgan fingerprint density at radius 1 is 1.12 bits per heavy atom. The van der Waals surface area contributed by atoms with Crippen molar-refractivity contribution in [3.8, 4) is 11.1 Å². The second kappa shape index (κ2) is 11.1. The average Bonchev–Trinajstić information content (AvgIpc) is 3.62. The molecule has 0 aliphatic carbocycles. The predicted molar refractivity (Wildman–Crippen MR) is 164 cm³/mol. The number of aromatic amines is 1. The highest BCUT2D eigenvalue weighted by Crippen LogP contribution is 2.37. The Bertz CT molecular complexity index is 1680. The average molecular weight is 585 g/mol.